The average Bonchev–Trinajstić information content (AvgIpc) is 3.57. The van der Waals surface area contributed by atoms with Crippen molar-refractivity contribution in [1.82, 2.24) is 24.7 Å². The van der Waals surface area contributed by atoms with E-state index in [4.69, 9.17) is 4.42 Å². The number of hydrogen-bond acceptors (Lipinski definition) is 7. The summed E-state index contributed by atoms with van der Waals surface area (Å²) < 4.78 is 48.1. The molecular formula is C29H23FN6O4S. The van der Waals surface area contributed by atoms with E-state index in [2.05, 4.69) is 20.3 Å². The summed E-state index contributed by atoms with van der Waals surface area (Å²) >= 11 is 0. The number of carbonyl (C=O) groups is 1. The topological polar surface area (TPSA) is 123 Å². The van der Waals surface area contributed by atoms with Crippen LogP contribution in [0.25, 0.3) is 50.5 Å². The summed E-state index contributed by atoms with van der Waals surface area (Å²) in [5.41, 5.74) is 3.73. The Bertz CT molecular complexity index is 2040. The van der Waals surface area contributed by atoms with Crippen molar-refractivity contribution < 1.29 is 22.0 Å². The number of halogens is 1. The third-order valence-corrected chi connectivity index (χ3v) is 7.98. The molecule has 12 heteroatoms. The number of nitrogens with zero attached hydrogens (tertiary/aromatic N) is 5. The van der Waals surface area contributed by atoms with Gasteiger partial charge in [-0.25, -0.2) is 22.8 Å². The molecule has 1 N–H and O–H groups in total. The number of carbonyl (C=O) groups excluding carboxylic acids is 1. The van der Waals surface area contributed by atoms with Crippen LogP contribution in [0.15, 0.2) is 83.9 Å². The van der Waals surface area contributed by atoms with Crippen LogP contribution < -0.4 is 9.62 Å². The maximum atomic E-state index is 13.7. The first-order valence-electron chi connectivity index (χ1n) is 12.4. The van der Waals surface area contributed by atoms with Gasteiger partial charge in [-0.15, -0.1) is 0 Å². The van der Waals surface area contributed by atoms with Gasteiger partial charge in [0, 0.05) is 78.8 Å². The zero-order chi connectivity index (χ0) is 28.9. The normalized spacial score (nSPS) is 11.7. The molecule has 1 amide bonds. The molecule has 41 heavy (non-hydrogen) atoms. The number of furan rings is 1. The summed E-state index contributed by atoms with van der Waals surface area (Å²) in [6.45, 7) is 0. The summed E-state index contributed by atoms with van der Waals surface area (Å²) in [6, 6.07) is 12.5. The van der Waals surface area contributed by atoms with E-state index in [-0.39, 0.29) is 16.9 Å². The van der Waals surface area contributed by atoms with Gasteiger partial charge in [-0.3, -0.25) is 18.5 Å². The highest BCUT2D eigenvalue weighted by Gasteiger charge is 2.26. The van der Waals surface area contributed by atoms with Crippen LogP contribution in [0.1, 0.15) is 10.4 Å². The summed E-state index contributed by atoms with van der Waals surface area (Å²) in [5, 5.41) is 3.09. The molecule has 0 aliphatic heterocycles. The van der Waals surface area contributed by atoms with E-state index in [0.717, 1.165) is 10.6 Å². The van der Waals surface area contributed by atoms with Gasteiger partial charge in [0.25, 0.3) is 5.91 Å². The second-order valence-corrected chi connectivity index (χ2v) is 11.4. The number of rotatable bonds is 6. The number of nitrogens with one attached hydrogen (secondary N) is 1. The number of fused-ring (bicyclic) bond motifs is 2. The van der Waals surface area contributed by atoms with Crippen LogP contribution in [0.5, 0.6) is 0 Å². The summed E-state index contributed by atoms with van der Waals surface area (Å²) in [7, 11) is -0.751. The van der Waals surface area contributed by atoms with Gasteiger partial charge in [0.2, 0.25) is 15.8 Å². The second-order valence-electron chi connectivity index (χ2n) is 9.40. The van der Waals surface area contributed by atoms with E-state index < -0.39 is 21.7 Å². The Hall–Kier alpha value is -5.10. The van der Waals surface area contributed by atoms with E-state index in [1.165, 1.54) is 38.4 Å². The maximum absolute atomic E-state index is 13.7. The van der Waals surface area contributed by atoms with Gasteiger partial charge in [0.1, 0.15) is 17.2 Å². The number of imidazole rings is 1. The van der Waals surface area contributed by atoms with E-state index in [0.29, 0.717) is 44.8 Å². The zero-order valence-electron chi connectivity index (χ0n) is 22.2. The lowest BCUT2D eigenvalue weighted by Crippen LogP contribution is -2.25. The van der Waals surface area contributed by atoms with Crippen LogP contribution in [-0.2, 0) is 10.0 Å². The summed E-state index contributed by atoms with van der Waals surface area (Å²) in [6.07, 6.45) is 9.68. The van der Waals surface area contributed by atoms with Crippen LogP contribution in [0.3, 0.4) is 0 Å². The Morgan fingerprint density at radius 2 is 1.83 bits per heavy atom. The molecule has 0 aliphatic rings. The van der Waals surface area contributed by atoms with Crippen molar-refractivity contribution in [3.63, 3.8) is 0 Å². The Morgan fingerprint density at radius 1 is 1.07 bits per heavy atom. The largest absolute Gasteiger partial charge is 0.455 e. The van der Waals surface area contributed by atoms with Crippen molar-refractivity contribution in [2.24, 2.45) is 0 Å². The molecule has 0 atom stereocenters. The molecule has 0 fully saturated rings. The number of aromatic nitrogens is 4. The van der Waals surface area contributed by atoms with Crippen LogP contribution in [0, 0.1) is 5.82 Å². The Balaban J connectivity index is 1.61. The monoisotopic (exact) mass is 570 g/mol. The number of benzene rings is 2. The van der Waals surface area contributed by atoms with Gasteiger partial charge >= 0.3 is 0 Å². The predicted molar refractivity (Wildman–Crippen MR) is 153 cm³/mol. The average molecular weight is 571 g/mol. The molecule has 0 saturated carbocycles. The summed E-state index contributed by atoms with van der Waals surface area (Å²) in [5.74, 6) is -0.0934. The minimum Gasteiger partial charge on any atom is -0.455 e. The molecule has 4 aromatic heterocycles. The van der Waals surface area contributed by atoms with Crippen LogP contribution in [0.4, 0.5) is 10.1 Å². The first-order valence-corrected chi connectivity index (χ1v) is 14.3. The van der Waals surface area contributed by atoms with Gasteiger partial charge < -0.3 is 9.73 Å². The first-order chi connectivity index (χ1) is 19.6. The number of anilines is 1. The lowest BCUT2D eigenvalue weighted by atomic mass is 9.98. The fourth-order valence-electron chi connectivity index (χ4n) is 4.65. The molecular weight excluding hydrogens is 547 g/mol. The van der Waals surface area contributed by atoms with E-state index in [9.17, 15) is 17.6 Å². The number of hydrogen-bond donors (Lipinski definition) is 1. The molecule has 0 unspecified atom stereocenters. The second kappa shape index (κ2) is 9.82. The van der Waals surface area contributed by atoms with Gasteiger partial charge in [-0.1, -0.05) is 0 Å². The third-order valence-electron chi connectivity index (χ3n) is 6.78. The number of pyridine rings is 1. The highest BCUT2D eigenvalue weighted by Crippen LogP contribution is 2.41. The van der Waals surface area contributed by atoms with Crippen molar-refractivity contribution in [1.29, 1.82) is 0 Å². The zero-order valence-corrected chi connectivity index (χ0v) is 23.0. The molecule has 0 aliphatic carbocycles. The Labute approximate surface area is 234 Å². The van der Waals surface area contributed by atoms with Crippen molar-refractivity contribution >= 4 is 38.4 Å². The minimum absolute atomic E-state index is 0.230. The van der Waals surface area contributed by atoms with Crippen LogP contribution in [-0.4, -0.2) is 54.0 Å². The molecule has 6 aromatic rings. The lowest BCUT2D eigenvalue weighted by molar-refractivity contribution is 0.0964. The molecule has 6 rings (SSSR count). The third kappa shape index (κ3) is 4.67. The lowest BCUT2D eigenvalue weighted by Gasteiger charge is -2.20. The number of sulfonamides is 1. The van der Waals surface area contributed by atoms with Crippen molar-refractivity contribution in [3.05, 3.63) is 90.9 Å². The standard InChI is InChI=1S/C29H23FN6O4S/c1-31-28(37)26-22-12-21(18-11-19(15-32-14-18)23-16-36-10-4-9-33-29(36)34-23)24(35(2)41(3,38)39)13-25(22)40-27(26)17-5-7-20(30)8-6-17/h4-16H,1-3H3,(H,31,37). The van der Waals surface area contributed by atoms with Crippen LogP contribution >= 0.6 is 0 Å². The quantitative estimate of drug-likeness (QED) is 0.306. The van der Waals surface area contributed by atoms with E-state index in [1.807, 2.05) is 18.5 Å². The minimum atomic E-state index is -3.69. The molecule has 0 bridgehead atoms. The molecule has 0 radical (unpaired) electrons. The summed E-state index contributed by atoms with van der Waals surface area (Å²) in [4.78, 5) is 26.4. The highest BCUT2D eigenvalue weighted by molar-refractivity contribution is 7.92. The molecule has 4 heterocycles. The molecule has 206 valence electrons. The van der Waals surface area contributed by atoms with Crippen LogP contribution in [0.2, 0.25) is 0 Å². The number of amides is 1. The van der Waals surface area contributed by atoms with E-state index in [1.54, 1.807) is 41.2 Å². The Kier molecular flexibility index (Phi) is 6.26. The predicted octanol–water partition coefficient (Wildman–Crippen LogP) is 4.77. The van der Waals surface area contributed by atoms with Gasteiger partial charge in [0.05, 0.1) is 23.2 Å². The van der Waals surface area contributed by atoms with Gasteiger partial charge in [-0.2, -0.15) is 0 Å². The molecule has 2 aromatic carbocycles. The molecule has 10 nitrogen and oxygen atoms in total. The SMILES string of the molecule is CNC(=O)c1c(-c2ccc(F)cc2)oc2cc(N(C)S(C)(=O)=O)c(-c3cncc(-c4cn5cccnc5n4)c3)cc12. The highest BCUT2D eigenvalue weighted by atomic mass is 32.2. The smallest absolute Gasteiger partial charge is 0.255 e. The fraction of sp³-hybridized carbons (Fsp3) is 0.103. The first kappa shape index (κ1) is 26.1. The fourth-order valence-corrected chi connectivity index (χ4v) is 5.16. The molecule has 0 saturated heterocycles. The maximum Gasteiger partial charge on any atom is 0.255 e. The van der Waals surface area contributed by atoms with Crippen molar-refractivity contribution in [2.75, 3.05) is 24.7 Å². The van der Waals surface area contributed by atoms with Gasteiger partial charge in [-0.05, 0) is 42.5 Å². The van der Waals surface area contributed by atoms with Crippen molar-refractivity contribution in [2.45, 2.75) is 0 Å². The van der Waals surface area contributed by atoms with Gasteiger partial charge in [0.15, 0.2) is 0 Å². The van der Waals surface area contributed by atoms with Crippen molar-refractivity contribution in [3.8, 4) is 33.7 Å². The Morgan fingerprint density at radius 3 is 2.54 bits per heavy atom. The molecule has 0 spiro atoms. The van der Waals surface area contributed by atoms with E-state index >= 15 is 0 Å².